The molecule has 0 aliphatic carbocycles. The van der Waals surface area contributed by atoms with Gasteiger partial charge < -0.3 is 10.5 Å². The lowest BCUT2D eigenvalue weighted by molar-refractivity contribution is -0.144. The Morgan fingerprint density at radius 3 is 2.50 bits per heavy atom. The van der Waals surface area contributed by atoms with Crippen LogP contribution in [0.1, 0.15) is 30.5 Å². The molecule has 8 heteroatoms. The second-order valence-electron chi connectivity index (χ2n) is 3.81. The molecule has 0 radical (unpaired) electrons. The number of carbonyl (C=O) groups is 1. The zero-order chi connectivity index (χ0) is 14.6. The predicted octanol–water partition coefficient (Wildman–Crippen LogP) is 3.22. The Labute approximate surface area is 119 Å². The van der Waals surface area contributed by atoms with Crippen LogP contribution in [-0.4, -0.2) is 12.6 Å². The van der Waals surface area contributed by atoms with Crippen LogP contribution in [0.5, 0.6) is 0 Å². The van der Waals surface area contributed by atoms with E-state index in [2.05, 4.69) is 4.74 Å². The van der Waals surface area contributed by atoms with Crippen molar-refractivity contribution in [3.8, 4) is 0 Å². The molecule has 3 nitrogen and oxygen atoms in total. The smallest absolute Gasteiger partial charge is 0.416 e. The highest BCUT2D eigenvalue weighted by Crippen LogP contribution is 2.36. The number of esters is 1. The standard InChI is InChI=1S/C12H13F4NO2.ClH/c1-2-19-10(18)6-9(17)11-7(12(14,15)16)4-3-5-8(11)13;/h3-5,9H,2,6,17H2,1H3;1H/t9-;/m0./s1. The van der Waals surface area contributed by atoms with Gasteiger partial charge in [0.2, 0.25) is 0 Å². The van der Waals surface area contributed by atoms with E-state index in [9.17, 15) is 22.4 Å². The Bertz CT molecular complexity index is 465. The summed E-state index contributed by atoms with van der Waals surface area (Å²) in [5.74, 6) is -1.86. The van der Waals surface area contributed by atoms with Crippen LogP contribution in [0.25, 0.3) is 0 Å². The van der Waals surface area contributed by atoms with Gasteiger partial charge in [-0.2, -0.15) is 13.2 Å². The summed E-state index contributed by atoms with van der Waals surface area (Å²) in [5.41, 5.74) is 3.59. The molecular formula is C12H14ClF4NO2. The second kappa shape index (κ2) is 7.44. The molecule has 114 valence electrons. The Morgan fingerprint density at radius 1 is 1.40 bits per heavy atom. The van der Waals surface area contributed by atoms with Gasteiger partial charge in [0.1, 0.15) is 5.82 Å². The van der Waals surface area contributed by atoms with Gasteiger partial charge in [-0.1, -0.05) is 6.07 Å². The first kappa shape index (κ1) is 18.7. The first-order valence-corrected chi connectivity index (χ1v) is 5.54. The summed E-state index contributed by atoms with van der Waals surface area (Å²) in [7, 11) is 0. The minimum Gasteiger partial charge on any atom is -0.466 e. The molecular weight excluding hydrogens is 302 g/mol. The molecule has 0 amide bonds. The quantitative estimate of drug-likeness (QED) is 0.685. The number of benzene rings is 1. The monoisotopic (exact) mass is 315 g/mol. The van der Waals surface area contributed by atoms with E-state index in [1.165, 1.54) is 0 Å². The van der Waals surface area contributed by atoms with Crippen LogP contribution in [0.3, 0.4) is 0 Å². The molecule has 0 aromatic heterocycles. The highest BCUT2D eigenvalue weighted by atomic mass is 35.5. The van der Waals surface area contributed by atoms with Crippen LogP contribution in [0.2, 0.25) is 0 Å². The zero-order valence-electron chi connectivity index (χ0n) is 10.5. The fraction of sp³-hybridized carbons (Fsp3) is 0.417. The van der Waals surface area contributed by atoms with E-state index < -0.39 is 41.6 Å². The van der Waals surface area contributed by atoms with Crippen LogP contribution in [0.4, 0.5) is 17.6 Å². The topological polar surface area (TPSA) is 52.3 Å². The molecule has 0 bridgehead atoms. The fourth-order valence-corrected chi connectivity index (χ4v) is 1.66. The van der Waals surface area contributed by atoms with E-state index in [1.54, 1.807) is 6.92 Å². The first-order valence-electron chi connectivity index (χ1n) is 5.54. The lowest BCUT2D eigenvalue weighted by Crippen LogP contribution is -2.22. The minimum absolute atomic E-state index is 0. The van der Waals surface area contributed by atoms with Crippen molar-refractivity contribution in [2.24, 2.45) is 5.73 Å². The van der Waals surface area contributed by atoms with Gasteiger partial charge in [-0.15, -0.1) is 12.4 Å². The van der Waals surface area contributed by atoms with Crippen molar-refractivity contribution >= 4 is 18.4 Å². The molecule has 0 aliphatic heterocycles. The fourth-order valence-electron chi connectivity index (χ4n) is 1.66. The largest absolute Gasteiger partial charge is 0.466 e. The summed E-state index contributed by atoms with van der Waals surface area (Å²) in [6.07, 6.45) is -5.25. The van der Waals surface area contributed by atoms with E-state index in [0.717, 1.165) is 18.2 Å². The SMILES string of the molecule is CCOC(=O)C[C@H](N)c1c(F)cccc1C(F)(F)F.Cl. The molecule has 0 aliphatic rings. The number of nitrogens with two attached hydrogens (primary N) is 1. The maximum Gasteiger partial charge on any atom is 0.416 e. The number of ether oxygens (including phenoxy) is 1. The van der Waals surface area contributed by atoms with Crippen LogP contribution in [0, 0.1) is 5.82 Å². The molecule has 0 spiro atoms. The lowest BCUT2D eigenvalue weighted by atomic mass is 9.97. The van der Waals surface area contributed by atoms with Crippen LogP contribution in [0.15, 0.2) is 18.2 Å². The van der Waals surface area contributed by atoms with Crippen molar-refractivity contribution in [1.29, 1.82) is 0 Å². The molecule has 1 aromatic carbocycles. The Morgan fingerprint density at radius 2 is 2.00 bits per heavy atom. The summed E-state index contributed by atoms with van der Waals surface area (Å²) >= 11 is 0. The summed E-state index contributed by atoms with van der Waals surface area (Å²) in [6.45, 7) is 1.63. The number of halogens is 5. The maximum absolute atomic E-state index is 13.5. The van der Waals surface area contributed by atoms with Gasteiger partial charge in [-0.25, -0.2) is 4.39 Å². The normalized spacial score (nSPS) is 12.5. The van der Waals surface area contributed by atoms with Gasteiger partial charge in [-0.3, -0.25) is 4.79 Å². The molecule has 0 saturated carbocycles. The van der Waals surface area contributed by atoms with Crippen LogP contribution in [-0.2, 0) is 15.7 Å². The lowest BCUT2D eigenvalue weighted by Gasteiger charge is -2.18. The van der Waals surface area contributed by atoms with Gasteiger partial charge in [0.15, 0.2) is 0 Å². The van der Waals surface area contributed by atoms with Crippen molar-refractivity contribution in [3.63, 3.8) is 0 Å². The van der Waals surface area contributed by atoms with Gasteiger partial charge >= 0.3 is 12.1 Å². The van der Waals surface area contributed by atoms with Gasteiger partial charge in [0.25, 0.3) is 0 Å². The molecule has 0 unspecified atom stereocenters. The first-order chi connectivity index (χ1) is 8.77. The molecule has 1 aromatic rings. The third kappa shape index (κ3) is 4.64. The molecule has 1 atom stereocenters. The summed E-state index contributed by atoms with van der Waals surface area (Å²) < 4.78 is 56.3. The molecule has 1 rings (SSSR count). The average Bonchev–Trinajstić information content (AvgIpc) is 2.27. The third-order valence-electron chi connectivity index (χ3n) is 2.42. The van der Waals surface area contributed by atoms with Crippen molar-refractivity contribution in [2.75, 3.05) is 6.61 Å². The number of hydrogen-bond acceptors (Lipinski definition) is 3. The van der Waals surface area contributed by atoms with Gasteiger partial charge in [0.05, 0.1) is 18.6 Å². The summed E-state index contributed by atoms with van der Waals surface area (Å²) in [5, 5.41) is 0. The minimum atomic E-state index is -4.73. The summed E-state index contributed by atoms with van der Waals surface area (Å²) in [4.78, 5) is 11.2. The number of carbonyl (C=O) groups excluding carboxylic acids is 1. The van der Waals surface area contributed by atoms with E-state index in [4.69, 9.17) is 5.73 Å². The van der Waals surface area contributed by atoms with Crippen molar-refractivity contribution < 1.29 is 27.1 Å². The van der Waals surface area contributed by atoms with Crippen LogP contribution >= 0.6 is 12.4 Å². The number of alkyl halides is 3. The third-order valence-corrected chi connectivity index (χ3v) is 2.42. The maximum atomic E-state index is 13.5. The van der Waals surface area contributed by atoms with Crippen molar-refractivity contribution in [2.45, 2.75) is 25.6 Å². The molecule has 20 heavy (non-hydrogen) atoms. The number of hydrogen-bond donors (Lipinski definition) is 1. The molecule has 0 saturated heterocycles. The van der Waals surface area contributed by atoms with E-state index >= 15 is 0 Å². The zero-order valence-corrected chi connectivity index (χ0v) is 11.4. The molecule has 2 N–H and O–H groups in total. The van der Waals surface area contributed by atoms with Gasteiger partial charge in [-0.05, 0) is 19.1 Å². The van der Waals surface area contributed by atoms with E-state index in [1.807, 2.05) is 0 Å². The highest BCUT2D eigenvalue weighted by Gasteiger charge is 2.36. The Kier molecular flexibility index (Phi) is 6.95. The van der Waals surface area contributed by atoms with Crippen LogP contribution < -0.4 is 5.73 Å². The number of rotatable bonds is 4. The molecule has 0 fully saturated rings. The summed E-state index contributed by atoms with van der Waals surface area (Å²) in [6, 6.07) is 1.13. The van der Waals surface area contributed by atoms with Crippen molar-refractivity contribution in [1.82, 2.24) is 0 Å². The van der Waals surface area contributed by atoms with E-state index in [-0.39, 0.29) is 19.0 Å². The van der Waals surface area contributed by atoms with Crippen molar-refractivity contribution in [3.05, 3.63) is 35.1 Å². The van der Waals surface area contributed by atoms with E-state index in [0.29, 0.717) is 0 Å². The average molecular weight is 316 g/mol. The van der Waals surface area contributed by atoms with Gasteiger partial charge in [0, 0.05) is 11.6 Å². The Hall–Kier alpha value is -1.34. The second-order valence-corrected chi connectivity index (χ2v) is 3.81. The Balaban J connectivity index is 0.00000361. The molecule has 0 heterocycles. The highest BCUT2D eigenvalue weighted by molar-refractivity contribution is 5.85. The predicted molar refractivity (Wildman–Crippen MR) is 66.8 cm³/mol.